The highest BCUT2D eigenvalue weighted by Gasteiger charge is 2.44. The van der Waals surface area contributed by atoms with Gasteiger partial charge in [-0.2, -0.15) is 17.4 Å². The minimum atomic E-state index is -5.72. The fourth-order valence-corrected chi connectivity index (χ4v) is 4.95. The molecule has 0 aromatic heterocycles. The van der Waals surface area contributed by atoms with Crippen molar-refractivity contribution in [2.75, 3.05) is 6.61 Å². The molecule has 1 aliphatic heterocycles. The van der Waals surface area contributed by atoms with E-state index in [0.29, 0.717) is 0 Å². The van der Waals surface area contributed by atoms with Gasteiger partial charge in [0, 0.05) is 16.0 Å². The molecule has 5 atom stereocenters. The zero-order chi connectivity index (χ0) is 21.1. The molecule has 0 aromatic rings. The van der Waals surface area contributed by atoms with E-state index in [1.54, 1.807) is 0 Å². The third kappa shape index (κ3) is 9.55. The number of azide groups is 1. The molecule has 0 bridgehead atoms. The van der Waals surface area contributed by atoms with E-state index in [4.69, 9.17) is 24.9 Å². The van der Waals surface area contributed by atoms with Crippen molar-refractivity contribution >= 4 is 31.3 Å². The van der Waals surface area contributed by atoms with Gasteiger partial charge in [-0.1, -0.05) is 0 Å². The third-order valence-corrected chi connectivity index (χ3v) is 6.46. The topological polar surface area (TPSA) is 227 Å². The highest BCUT2D eigenvalue weighted by atomic mass is 31.3. The van der Waals surface area contributed by atoms with Crippen LogP contribution >= 0.6 is 23.5 Å². The van der Waals surface area contributed by atoms with E-state index in [9.17, 15) is 27.4 Å². The normalized spacial score (nSPS) is 28.1. The second-order valence-corrected chi connectivity index (χ2v) is 9.36. The van der Waals surface area contributed by atoms with Crippen molar-refractivity contribution in [3.05, 3.63) is 10.4 Å². The van der Waals surface area contributed by atoms with Gasteiger partial charge >= 0.3 is 29.7 Å². The third-order valence-electron chi connectivity index (χ3n) is 2.66. The molecule has 156 valence electrons. The first-order valence-electron chi connectivity index (χ1n) is 6.60. The molecule has 2 unspecified atom stereocenters. The summed E-state index contributed by atoms with van der Waals surface area (Å²) in [4.78, 5) is 37.0. The van der Waals surface area contributed by atoms with Crippen LogP contribution in [0.5, 0.6) is 0 Å². The minimum Gasteiger partial charge on any atom is -0.379 e. The maximum absolute atomic E-state index is 13.2. The molecule has 1 fully saturated rings. The van der Waals surface area contributed by atoms with E-state index in [1.165, 1.54) is 7.85 Å². The number of phosphoric acid groups is 3. The fraction of sp³-hybridized carbons (Fsp3) is 1.00. The molecular weight excluding hydrogens is 448 g/mol. The van der Waals surface area contributed by atoms with Crippen LogP contribution in [0.15, 0.2) is 5.11 Å². The van der Waals surface area contributed by atoms with Gasteiger partial charge in [0.05, 0.1) is 12.7 Å². The summed E-state index contributed by atoms with van der Waals surface area (Å²) in [5.41, 5.74) is 8.03. The summed E-state index contributed by atoms with van der Waals surface area (Å²) in [7, 11) is -15.3. The van der Waals surface area contributed by atoms with E-state index in [1.807, 2.05) is 4.91 Å². The standard InChI is InChI=1S/C6H13BF2N3O12P3/c7-5-1-3(22-6(8,9)11-12-10)4(21-5)2-20-26(16,17)24-27(18,19)23-25(13,14)15/h3-5H,1-2,7H2,(H,16,17)(H,18,19)(H2,13,14,15)/t3-,4-,5-/m1/s1. The summed E-state index contributed by atoms with van der Waals surface area (Å²) in [6.45, 7) is -0.981. The van der Waals surface area contributed by atoms with Crippen molar-refractivity contribution in [1.29, 1.82) is 0 Å². The first kappa shape index (κ1) is 24.6. The molecule has 1 heterocycles. The Hall–Kier alpha value is -0.435. The zero-order valence-electron chi connectivity index (χ0n) is 13.1. The lowest BCUT2D eigenvalue weighted by Gasteiger charge is -2.23. The van der Waals surface area contributed by atoms with Gasteiger partial charge in [0.1, 0.15) is 14.0 Å². The van der Waals surface area contributed by atoms with Crippen LogP contribution in [0.4, 0.5) is 8.78 Å². The monoisotopic (exact) mass is 461 g/mol. The van der Waals surface area contributed by atoms with Crippen LogP contribution in [0.25, 0.3) is 10.4 Å². The zero-order valence-corrected chi connectivity index (χ0v) is 15.8. The SMILES string of the molecule is B[C@H]1C[C@@H](OC(F)(F)N=[N+]=[N-])[C@@H](COP(=O)(O)OP(=O)(O)OP(=O)(O)O)O1. The quantitative estimate of drug-likeness (QED) is 0.0862. The number of hydrogen-bond donors (Lipinski definition) is 4. The van der Waals surface area contributed by atoms with Crippen LogP contribution in [0.2, 0.25) is 0 Å². The molecule has 15 nitrogen and oxygen atoms in total. The Morgan fingerprint density at radius 3 is 2.33 bits per heavy atom. The van der Waals surface area contributed by atoms with Crippen molar-refractivity contribution in [1.82, 2.24) is 0 Å². The van der Waals surface area contributed by atoms with Crippen molar-refractivity contribution in [3.8, 4) is 0 Å². The Labute approximate surface area is 150 Å². The largest absolute Gasteiger partial charge is 0.490 e. The van der Waals surface area contributed by atoms with Crippen molar-refractivity contribution < 1.29 is 64.7 Å². The van der Waals surface area contributed by atoms with Crippen molar-refractivity contribution in [2.24, 2.45) is 5.11 Å². The molecule has 1 aliphatic rings. The number of alkyl halides is 2. The molecule has 0 amide bonds. The maximum Gasteiger partial charge on any atom is 0.490 e. The minimum absolute atomic E-state index is 0.152. The van der Waals surface area contributed by atoms with Gasteiger partial charge in [0.15, 0.2) is 0 Å². The van der Waals surface area contributed by atoms with Gasteiger partial charge in [0.25, 0.3) is 0 Å². The lowest BCUT2D eigenvalue weighted by atomic mass is 9.96. The number of hydrogen-bond acceptors (Lipinski definition) is 9. The summed E-state index contributed by atoms with van der Waals surface area (Å²) >= 11 is 0. The Morgan fingerprint density at radius 2 is 1.81 bits per heavy atom. The number of rotatable bonds is 10. The molecule has 21 heteroatoms. The Bertz CT molecular complexity index is 729. The van der Waals surface area contributed by atoms with Crippen molar-refractivity contribution in [2.45, 2.75) is 30.9 Å². The highest BCUT2D eigenvalue weighted by Crippen LogP contribution is 2.66. The first-order valence-corrected chi connectivity index (χ1v) is 11.1. The average Bonchev–Trinajstić information content (AvgIpc) is 2.71. The Kier molecular flexibility index (Phi) is 8.14. The molecule has 0 spiro atoms. The predicted molar refractivity (Wildman–Crippen MR) is 80.6 cm³/mol. The second-order valence-electron chi connectivity index (χ2n) is 4.94. The summed E-state index contributed by atoms with van der Waals surface area (Å²) in [5, 5.41) is 2.11. The molecular formula is C6H13BF2N3O12P3. The second kappa shape index (κ2) is 8.93. The van der Waals surface area contributed by atoms with Crippen LogP contribution < -0.4 is 0 Å². The number of phosphoric ester groups is 1. The summed E-state index contributed by atoms with van der Waals surface area (Å²) < 4.78 is 80.3. The van der Waals surface area contributed by atoms with Crippen LogP contribution in [0.1, 0.15) is 6.42 Å². The van der Waals surface area contributed by atoms with E-state index < -0.39 is 54.5 Å². The number of ether oxygens (including phenoxy) is 2. The molecule has 1 saturated heterocycles. The Morgan fingerprint density at radius 1 is 1.22 bits per heavy atom. The van der Waals surface area contributed by atoms with Gasteiger partial charge < -0.3 is 29.0 Å². The van der Waals surface area contributed by atoms with Gasteiger partial charge in [-0.25, -0.2) is 13.7 Å². The van der Waals surface area contributed by atoms with Crippen molar-refractivity contribution in [3.63, 3.8) is 0 Å². The number of halogens is 2. The molecule has 0 radical (unpaired) electrons. The molecule has 27 heavy (non-hydrogen) atoms. The first-order chi connectivity index (χ1) is 12.0. The van der Waals surface area contributed by atoms with E-state index >= 15 is 0 Å². The van der Waals surface area contributed by atoms with Crippen LogP contribution in [0, 0.1) is 0 Å². The smallest absolute Gasteiger partial charge is 0.379 e. The van der Waals surface area contributed by atoms with Crippen LogP contribution in [-0.2, 0) is 36.3 Å². The van der Waals surface area contributed by atoms with Gasteiger partial charge in [-0.3, -0.25) is 4.52 Å². The average molecular weight is 461 g/mol. The van der Waals surface area contributed by atoms with Gasteiger partial charge in [0.2, 0.25) is 0 Å². The summed E-state index contributed by atoms with van der Waals surface area (Å²) in [5.74, 6) is 0. The maximum atomic E-state index is 13.2. The molecule has 0 aliphatic carbocycles. The summed E-state index contributed by atoms with van der Waals surface area (Å²) in [6.07, 6.45) is -7.28. The van der Waals surface area contributed by atoms with E-state index in [2.05, 4.69) is 23.0 Å². The fourth-order valence-electron chi connectivity index (χ4n) is 1.92. The Balaban J connectivity index is 2.73. The molecule has 0 saturated carbocycles. The lowest BCUT2D eigenvalue weighted by Crippen LogP contribution is -2.34. The highest BCUT2D eigenvalue weighted by molar-refractivity contribution is 7.66. The summed E-state index contributed by atoms with van der Waals surface area (Å²) in [6, 6.07) is -0.675. The van der Waals surface area contributed by atoms with Crippen LogP contribution in [-0.4, -0.2) is 58.5 Å². The van der Waals surface area contributed by atoms with E-state index in [0.717, 1.165) is 0 Å². The van der Waals surface area contributed by atoms with Gasteiger partial charge in [-0.05, 0) is 12.0 Å². The number of nitrogens with zero attached hydrogens (tertiary/aromatic N) is 3. The van der Waals surface area contributed by atoms with Gasteiger partial charge in [-0.15, -0.1) is 0 Å². The lowest BCUT2D eigenvalue weighted by molar-refractivity contribution is -0.265. The molecule has 0 aromatic carbocycles. The molecule has 1 rings (SSSR count). The van der Waals surface area contributed by atoms with E-state index in [-0.39, 0.29) is 6.42 Å². The van der Waals surface area contributed by atoms with Crippen LogP contribution in [0.3, 0.4) is 0 Å². The predicted octanol–water partition coefficient (Wildman–Crippen LogP) is 0.324. The molecule has 4 N–H and O–H groups in total.